The van der Waals surface area contributed by atoms with Crippen molar-refractivity contribution in [1.29, 1.82) is 0 Å². The van der Waals surface area contributed by atoms with Gasteiger partial charge in [-0.25, -0.2) is 4.79 Å². The summed E-state index contributed by atoms with van der Waals surface area (Å²) in [7, 11) is 0. The van der Waals surface area contributed by atoms with Crippen LogP contribution in [0.3, 0.4) is 0 Å². The van der Waals surface area contributed by atoms with Gasteiger partial charge in [0, 0.05) is 11.7 Å². The Morgan fingerprint density at radius 1 is 1.57 bits per heavy atom. The minimum absolute atomic E-state index is 0.0514. The molecular formula is C11H13NO2. The van der Waals surface area contributed by atoms with Crippen LogP contribution in [0.15, 0.2) is 36.9 Å². The van der Waals surface area contributed by atoms with Crippen LogP contribution >= 0.6 is 0 Å². The van der Waals surface area contributed by atoms with Gasteiger partial charge >= 0.3 is 5.97 Å². The Morgan fingerprint density at radius 2 is 2.21 bits per heavy atom. The number of carboxylic acid groups (broad SMARTS) is 1. The molecule has 1 aromatic rings. The van der Waals surface area contributed by atoms with Crippen LogP contribution < -0.4 is 5.32 Å². The molecule has 0 aliphatic heterocycles. The summed E-state index contributed by atoms with van der Waals surface area (Å²) >= 11 is 0. The smallest absolute Gasteiger partial charge is 0.337 e. The zero-order valence-electron chi connectivity index (χ0n) is 8.03. The third-order valence-electron chi connectivity index (χ3n) is 1.89. The van der Waals surface area contributed by atoms with Gasteiger partial charge in [-0.2, -0.15) is 0 Å². The van der Waals surface area contributed by atoms with Gasteiger partial charge in [0.25, 0.3) is 0 Å². The number of para-hydroxylation sites is 1. The molecular weight excluding hydrogens is 178 g/mol. The van der Waals surface area contributed by atoms with Gasteiger partial charge in [-0.3, -0.25) is 0 Å². The van der Waals surface area contributed by atoms with E-state index < -0.39 is 5.97 Å². The molecule has 1 unspecified atom stereocenters. The van der Waals surface area contributed by atoms with Crippen LogP contribution in [0.25, 0.3) is 0 Å². The number of hydrogen-bond acceptors (Lipinski definition) is 2. The summed E-state index contributed by atoms with van der Waals surface area (Å²) in [5, 5.41) is 11.9. The van der Waals surface area contributed by atoms with Crippen molar-refractivity contribution in [3.8, 4) is 0 Å². The lowest BCUT2D eigenvalue weighted by atomic mass is 10.1. The first-order valence-electron chi connectivity index (χ1n) is 4.36. The maximum atomic E-state index is 10.8. The van der Waals surface area contributed by atoms with Gasteiger partial charge in [0.2, 0.25) is 0 Å². The number of nitrogens with one attached hydrogen (secondary N) is 1. The number of carbonyl (C=O) groups is 1. The molecule has 3 heteroatoms. The lowest BCUT2D eigenvalue weighted by molar-refractivity contribution is 0.0698. The topological polar surface area (TPSA) is 49.3 Å². The van der Waals surface area contributed by atoms with Crippen LogP contribution in [0.2, 0.25) is 0 Å². The fourth-order valence-electron chi connectivity index (χ4n) is 1.10. The Morgan fingerprint density at radius 3 is 2.79 bits per heavy atom. The third-order valence-corrected chi connectivity index (χ3v) is 1.89. The molecule has 0 aromatic heterocycles. The highest BCUT2D eigenvalue weighted by Crippen LogP contribution is 2.15. The monoisotopic (exact) mass is 191 g/mol. The Hall–Kier alpha value is -1.77. The van der Waals surface area contributed by atoms with E-state index in [9.17, 15) is 4.79 Å². The van der Waals surface area contributed by atoms with Crippen molar-refractivity contribution in [2.24, 2.45) is 0 Å². The van der Waals surface area contributed by atoms with E-state index in [1.165, 1.54) is 0 Å². The summed E-state index contributed by atoms with van der Waals surface area (Å²) in [4.78, 5) is 10.8. The predicted molar refractivity (Wildman–Crippen MR) is 56.7 cm³/mol. The molecule has 0 heterocycles. The van der Waals surface area contributed by atoms with E-state index in [0.29, 0.717) is 5.69 Å². The SMILES string of the molecule is C=CC(C)Nc1ccccc1C(=O)O. The van der Waals surface area contributed by atoms with Crippen molar-refractivity contribution in [2.45, 2.75) is 13.0 Å². The van der Waals surface area contributed by atoms with Gasteiger partial charge in [0.05, 0.1) is 5.56 Å². The van der Waals surface area contributed by atoms with Crippen LogP contribution in [-0.2, 0) is 0 Å². The van der Waals surface area contributed by atoms with Gasteiger partial charge in [-0.1, -0.05) is 18.2 Å². The molecule has 0 aliphatic carbocycles. The average molecular weight is 191 g/mol. The van der Waals surface area contributed by atoms with Crippen molar-refractivity contribution in [3.63, 3.8) is 0 Å². The van der Waals surface area contributed by atoms with E-state index in [0.717, 1.165) is 0 Å². The van der Waals surface area contributed by atoms with E-state index in [2.05, 4.69) is 11.9 Å². The van der Waals surface area contributed by atoms with Crippen LogP contribution in [-0.4, -0.2) is 17.1 Å². The molecule has 0 saturated carbocycles. The number of anilines is 1. The number of benzene rings is 1. The Kier molecular flexibility index (Phi) is 3.29. The van der Waals surface area contributed by atoms with Gasteiger partial charge < -0.3 is 10.4 Å². The average Bonchev–Trinajstić information content (AvgIpc) is 2.18. The molecule has 3 nitrogen and oxygen atoms in total. The molecule has 1 atom stereocenters. The summed E-state index contributed by atoms with van der Waals surface area (Å²) < 4.78 is 0. The normalized spacial score (nSPS) is 11.8. The lowest BCUT2D eigenvalue weighted by Crippen LogP contribution is -2.14. The summed E-state index contributed by atoms with van der Waals surface area (Å²) in [6.45, 7) is 5.53. The van der Waals surface area contributed by atoms with Crippen LogP contribution in [0.5, 0.6) is 0 Å². The molecule has 1 aromatic carbocycles. The molecule has 0 bridgehead atoms. The summed E-state index contributed by atoms with van der Waals surface area (Å²) in [5.41, 5.74) is 0.897. The number of carboxylic acids is 1. The Bertz CT molecular complexity index is 347. The molecule has 0 saturated heterocycles. The molecule has 0 amide bonds. The van der Waals surface area contributed by atoms with Crippen molar-refractivity contribution < 1.29 is 9.90 Å². The molecule has 14 heavy (non-hydrogen) atoms. The van der Waals surface area contributed by atoms with Crippen LogP contribution in [0, 0.1) is 0 Å². The molecule has 0 aliphatic rings. The molecule has 0 fully saturated rings. The summed E-state index contributed by atoms with van der Waals surface area (Å²) in [6.07, 6.45) is 1.72. The fourth-order valence-corrected chi connectivity index (χ4v) is 1.10. The second kappa shape index (κ2) is 4.46. The largest absolute Gasteiger partial charge is 0.478 e. The second-order valence-electron chi connectivity index (χ2n) is 3.02. The summed E-state index contributed by atoms with van der Waals surface area (Å²) in [6, 6.07) is 6.86. The van der Waals surface area contributed by atoms with Gasteiger partial charge in [-0.05, 0) is 19.1 Å². The second-order valence-corrected chi connectivity index (χ2v) is 3.02. The highest BCUT2D eigenvalue weighted by Gasteiger charge is 2.09. The van der Waals surface area contributed by atoms with Crippen molar-refractivity contribution in [3.05, 3.63) is 42.5 Å². The van der Waals surface area contributed by atoms with Crippen LogP contribution in [0.4, 0.5) is 5.69 Å². The van der Waals surface area contributed by atoms with E-state index in [4.69, 9.17) is 5.11 Å². The minimum atomic E-state index is -0.927. The standard InChI is InChI=1S/C11H13NO2/c1-3-8(2)12-10-7-5-4-6-9(10)11(13)14/h3-8,12H,1H2,2H3,(H,13,14). The number of hydrogen-bond donors (Lipinski definition) is 2. The van der Waals surface area contributed by atoms with Gasteiger partial charge in [0.1, 0.15) is 0 Å². The zero-order chi connectivity index (χ0) is 10.6. The fraction of sp³-hybridized carbons (Fsp3) is 0.182. The number of rotatable bonds is 4. The van der Waals surface area contributed by atoms with Crippen molar-refractivity contribution in [1.82, 2.24) is 0 Å². The van der Waals surface area contributed by atoms with Crippen molar-refractivity contribution >= 4 is 11.7 Å². The summed E-state index contributed by atoms with van der Waals surface area (Å²) in [5.74, 6) is -0.927. The van der Waals surface area contributed by atoms with E-state index in [1.807, 2.05) is 6.92 Å². The predicted octanol–water partition coefficient (Wildman–Crippen LogP) is 2.37. The first kappa shape index (κ1) is 10.3. The quantitative estimate of drug-likeness (QED) is 0.718. The zero-order valence-corrected chi connectivity index (χ0v) is 8.03. The maximum absolute atomic E-state index is 10.8. The van der Waals surface area contributed by atoms with E-state index in [-0.39, 0.29) is 11.6 Å². The first-order chi connectivity index (χ1) is 6.65. The Balaban J connectivity index is 2.95. The Labute approximate surface area is 83.1 Å². The first-order valence-corrected chi connectivity index (χ1v) is 4.36. The maximum Gasteiger partial charge on any atom is 0.337 e. The lowest BCUT2D eigenvalue weighted by Gasteiger charge is -2.12. The molecule has 0 radical (unpaired) electrons. The van der Waals surface area contributed by atoms with E-state index in [1.54, 1.807) is 30.3 Å². The molecule has 74 valence electrons. The number of aromatic carboxylic acids is 1. The van der Waals surface area contributed by atoms with E-state index >= 15 is 0 Å². The highest BCUT2D eigenvalue weighted by atomic mass is 16.4. The van der Waals surface area contributed by atoms with Crippen molar-refractivity contribution in [2.75, 3.05) is 5.32 Å². The molecule has 2 N–H and O–H groups in total. The molecule has 0 spiro atoms. The minimum Gasteiger partial charge on any atom is -0.478 e. The third kappa shape index (κ3) is 2.36. The molecule has 1 rings (SSSR count). The highest BCUT2D eigenvalue weighted by molar-refractivity contribution is 5.94. The van der Waals surface area contributed by atoms with Crippen LogP contribution in [0.1, 0.15) is 17.3 Å². The van der Waals surface area contributed by atoms with Gasteiger partial charge in [0.15, 0.2) is 0 Å². The van der Waals surface area contributed by atoms with Gasteiger partial charge in [-0.15, -0.1) is 6.58 Å².